The van der Waals surface area contributed by atoms with Gasteiger partial charge in [-0.05, 0) is 18.4 Å². The fraction of sp³-hybridized carbons (Fsp3) is 0.500. The first-order valence-electron chi connectivity index (χ1n) is 7.96. The molecule has 1 aromatic heterocycles. The smallest absolute Gasteiger partial charge is 0.245 e. The van der Waals surface area contributed by atoms with Crippen molar-refractivity contribution in [3.63, 3.8) is 0 Å². The average Bonchev–Trinajstić information content (AvgIpc) is 3.04. The Kier molecular flexibility index (Phi) is 4.77. The molecule has 0 amide bonds. The van der Waals surface area contributed by atoms with Gasteiger partial charge >= 0.3 is 0 Å². The molecule has 7 heteroatoms. The Labute approximate surface area is 136 Å². The third-order valence-electron chi connectivity index (χ3n) is 4.09. The van der Waals surface area contributed by atoms with Crippen LogP contribution in [-0.2, 0) is 22.2 Å². The molecule has 23 heavy (non-hydrogen) atoms. The molecular weight excluding hydrogens is 314 g/mol. The van der Waals surface area contributed by atoms with E-state index in [-0.39, 0.29) is 11.8 Å². The van der Waals surface area contributed by atoms with E-state index in [1.165, 1.54) is 4.31 Å². The van der Waals surface area contributed by atoms with Gasteiger partial charge in [-0.15, -0.1) is 0 Å². The SMILES string of the molecule is CCc1noc([C@@H]2CCCCN2S(=O)(=O)Cc2ccccc2)n1. The zero-order valence-corrected chi connectivity index (χ0v) is 14.0. The minimum absolute atomic E-state index is 0.000881. The van der Waals surface area contributed by atoms with Crippen molar-refractivity contribution in [1.82, 2.24) is 14.4 Å². The Morgan fingerprint density at radius 2 is 2.04 bits per heavy atom. The number of aromatic nitrogens is 2. The van der Waals surface area contributed by atoms with Crippen molar-refractivity contribution in [2.45, 2.75) is 44.4 Å². The highest BCUT2D eigenvalue weighted by Crippen LogP contribution is 2.33. The Morgan fingerprint density at radius 1 is 1.26 bits per heavy atom. The number of hydrogen-bond acceptors (Lipinski definition) is 5. The van der Waals surface area contributed by atoms with Gasteiger partial charge in [0.15, 0.2) is 5.82 Å². The molecule has 1 aliphatic heterocycles. The first-order chi connectivity index (χ1) is 11.1. The van der Waals surface area contributed by atoms with E-state index in [4.69, 9.17) is 4.52 Å². The summed E-state index contributed by atoms with van der Waals surface area (Å²) in [6, 6.07) is 8.90. The quantitative estimate of drug-likeness (QED) is 0.839. The summed E-state index contributed by atoms with van der Waals surface area (Å²) in [5.74, 6) is 1.03. The third kappa shape index (κ3) is 3.61. The van der Waals surface area contributed by atoms with Gasteiger partial charge < -0.3 is 4.52 Å². The van der Waals surface area contributed by atoms with Crippen molar-refractivity contribution >= 4 is 10.0 Å². The molecule has 0 N–H and O–H groups in total. The monoisotopic (exact) mass is 335 g/mol. The number of piperidine rings is 1. The highest BCUT2D eigenvalue weighted by atomic mass is 32.2. The highest BCUT2D eigenvalue weighted by molar-refractivity contribution is 7.88. The second-order valence-electron chi connectivity index (χ2n) is 5.77. The normalized spacial score (nSPS) is 19.8. The van der Waals surface area contributed by atoms with Crippen LogP contribution in [-0.4, -0.2) is 29.4 Å². The maximum absolute atomic E-state index is 12.9. The summed E-state index contributed by atoms with van der Waals surface area (Å²) >= 11 is 0. The highest BCUT2D eigenvalue weighted by Gasteiger charge is 2.36. The minimum atomic E-state index is -3.43. The maximum atomic E-state index is 12.9. The maximum Gasteiger partial charge on any atom is 0.245 e. The van der Waals surface area contributed by atoms with Gasteiger partial charge in [-0.1, -0.05) is 48.8 Å². The van der Waals surface area contributed by atoms with E-state index in [0.29, 0.717) is 24.7 Å². The molecule has 0 bridgehead atoms. The van der Waals surface area contributed by atoms with E-state index in [1.54, 1.807) is 0 Å². The van der Waals surface area contributed by atoms with Crippen molar-refractivity contribution < 1.29 is 12.9 Å². The number of aryl methyl sites for hydroxylation is 1. The van der Waals surface area contributed by atoms with Crippen LogP contribution in [0.4, 0.5) is 0 Å². The summed E-state index contributed by atoms with van der Waals surface area (Å²) in [7, 11) is -3.43. The van der Waals surface area contributed by atoms with Gasteiger partial charge in [-0.25, -0.2) is 8.42 Å². The van der Waals surface area contributed by atoms with Gasteiger partial charge in [0.05, 0.1) is 5.75 Å². The topological polar surface area (TPSA) is 76.3 Å². The van der Waals surface area contributed by atoms with Crippen LogP contribution in [0.2, 0.25) is 0 Å². The largest absolute Gasteiger partial charge is 0.338 e. The Balaban J connectivity index is 1.85. The van der Waals surface area contributed by atoms with Crippen LogP contribution in [0.15, 0.2) is 34.9 Å². The fourth-order valence-electron chi connectivity index (χ4n) is 2.90. The fourth-order valence-corrected chi connectivity index (χ4v) is 4.67. The molecule has 124 valence electrons. The molecule has 1 saturated heterocycles. The average molecular weight is 335 g/mol. The molecule has 1 fully saturated rings. The standard InChI is InChI=1S/C16H21N3O3S/c1-2-15-17-16(22-18-15)14-10-6-7-11-19(14)23(20,21)12-13-8-4-3-5-9-13/h3-5,8-9,14H,2,6-7,10-12H2,1H3/t14-/m0/s1. The molecule has 0 radical (unpaired) electrons. The first-order valence-corrected chi connectivity index (χ1v) is 9.57. The molecule has 1 aliphatic rings. The number of hydrogen-bond donors (Lipinski definition) is 0. The Bertz CT molecular complexity index is 743. The molecule has 3 rings (SSSR count). The molecule has 0 spiro atoms. The molecular formula is C16H21N3O3S. The van der Waals surface area contributed by atoms with E-state index in [9.17, 15) is 8.42 Å². The molecule has 0 unspecified atom stereocenters. The van der Waals surface area contributed by atoms with Crippen LogP contribution in [0.25, 0.3) is 0 Å². The zero-order chi connectivity index (χ0) is 16.3. The van der Waals surface area contributed by atoms with Crippen LogP contribution in [0.3, 0.4) is 0 Å². The van der Waals surface area contributed by atoms with E-state index >= 15 is 0 Å². The van der Waals surface area contributed by atoms with Crippen LogP contribution < -0.4 is 0 Å². The predicted molar refractivity (Wildman–Crippen MR) is 86.0 cm³/mol. The molecule has 1 atom stereocenters. The molecule has 2 heterocycles. The lowest BCUT2D eigenvalue weighted by Crippen LogP contribution is -2.39. The van der Waals surface area contributed by atoms with Crippen molar-refractivity contribution in [2.24, 2.45) is 0 Å². The summed E-state index contributed by atoms with van der Waals surface area (Å²) in [5, 5.41) is 3.90. The molecule has 1 aromatic carbocycles. The van der Waals surface area contributed by atoms with E-state index in [0.717, 1.165) is 24.8 Å². The first kappa shape index (κ1) is 16.1. The second-order valence-corrected chi connectivity index (χ2v) is 7.69. The lowest BCUT2D eigenvalue weighted by Gasteiger charge is -2.32. The van der Waals surface area contributed by atoms with Crippen molar-refractivity contribution in [3.05, 3.63) is 47.6 Å². The lowest BCUT2D eigenvalue weighted by molar-refractivity contribution is 0.204. The Hall–Kier alpha value is -1.73. The summed E-state index contributed by atoms with van der Waals surface area (Å²) in [4.78, 5) is 4.34. The lowest BCUT2D eigenvalue weighted by atomic mass is 10.1. The zero-order valence-electron chi connectivity index (χ0n) is 13.2. The number of rotatable bonds is 5. The summed E-state index contributed by atoms with van der Waals surface area (Å²) in [6.07, 6.45) is 3.22. The minimum Gasteiger partial charge on any atom is -0.338 e. The summed E-state index contributed by atoms with van der Waals surface area (Å²) in [6.45, 7) is 2.45. The van der Waals surface area contributed by atoms with Crippen LogP contribution in [0.5, 0.6) is 0 Å². The van der Waals surface area contributed by atoms with E-state index in [2.05, 4.69) is 10.1 Å². The predicted octanol–water partition coefficient (Wildman–Crippen LogP) is 2.69. The second kappa shape index (κ2) is 6.80. The van der Waals surface area contributed by atoms with E-state index in [1.807, 2.05) is 37.3 Å². The van der Waals surface area contributed by atoms with Crippen LogP contribution >= 0.6 is 0 Å². The van der Waals surface area contributed by atoms with Crippen molar-refractivity contribution in [2.75, 3.05) is 6.54 Å². The number of benzene rings is 1. The number of nitrogens with zero attached hydrogens (tertiary/aromatic N) is 3. The van der Waals surface area contributed by atoms with Gasteiger partial charge in [0.25, 0.3) is 0 Å². The van der Waals surface area contributed by atoms with E-state index < -0.39 is 10.0 Å². The van der Waals surface area contributed by atoms with Gasteiger partial charge in [0, 0.05) is 13.0 Å². The van der Waals surface area contributed by atoms with Crippen molar-refractivity contribution in [3.8, 4) is 0 Å². The Morgan fingerprint density at radius 3 is 2.74 bits per heavy atom. The summed E-state index contributed by atoms with van der Waals surface area (Å²) < 4.78 is 32.5. The number of sulfonamides is 1. The van der Waals surface area contributed by atoms with Gasteiger partial charge in [0.1, 0.15) is 6.04 Å². The van der Waals surface area contributed by atoms with Gasteiger partial charge in [-0.2, -0.15) is 9.29 Å². The molecule has 2 aromatic rings. The van der Waals surface area contributed by atoms with Crippen molar-refractivity contribution in [1.29, 1.82) is 0 Å². The van der Waals surface area contributed by atoms with Crippen LogP contribution in [0.1, 0.15) is 49.5 Å². The van der Waals surface area contributed by atoms with Gasteiger partial charge in [0.2, 0.25) is 15.9 Å². The molecule has 6 nitrogen and oxygen atoms in total. The molecule has 0 aliphatic carbocycles. The molecule has 0 saturated carbocycles. The van der Waals surface area contributed by atoms with Gasteiger partial charge in [-0.3, -0.25) is 0 Å². The van der Waals surface area contributed by atoms with Crippen LogP contribution in [0, 0.1) is 0 Å². The summed E-state index contributed by atoms with van der Waals surface area (Å²) in [5.41, 5.74) is 0.789. The third-order valence-corrected chi connectivity index (χ3v) is 5.94.